The third kappa shape index (κ3) is 4.38. The van der Waals surface area contributed by atoms with E-state index in [4.69, 9.17) is 23.7 Å². The summed E-state index contributed by atoms with van der Waals surface area (Å²) in [5, 5.41) is 11.8. The number of sulfonamides is 1. The number of carbonyl (C=O) groups is 1. The molecule has 10 nitrogen and oxygen atoms in total. The average molecular weight is 594 g/mol. The highest BCUT2D eigenvalue weighted by Crippen LogP contribution is 2.51. The molecule has 4 aliphatic rings. The molecule has 0 spiro atoms. The highest BCUT2D eigenvalue weighted by molar-refractivity contribution is 7.89. The standard InChI is InChI=1S/C31H31NO9S/c1-17-9-11-19(12-10-17)42(35,36)32(15-18-7-5-4-6-8-18)25-27-24(26(33)29-28(25)40-31(2,3)41-29)20-13-22-23(38-16-37-22)14-21(20)30(34)39-27/h4-14,24-29,33H,15-16H2,1-3H3/t24-,25+,26-,27-,28-,29+/m0/s1. The van der Waals surface area contributed by atoms with Crippen LogP contribution in [0.5, 0.6) is 11.5 Å². The van der Waals surface area contributed by atoms with E-state index in [0.717, 1.165) is 11.1 Å². The van der Waals surface area contributed by atoms with Crippen LogP contribution in [0.4, 0.5) is 0 Å². The minimum absolute atomic E-state index is 0.00202. The summed E-state index contributed by atoms with van der Waals surface area (Å²) < 4.78 is 60.1. The van der Waals surface area contributed by atoms with E-state index >= 15 is 0 Å². The maximum Gasteiger partial charge on any atom is 0.338 e. The van der Waals surface area contributed by atoms with Crippen molar-refractivity contribution in [3.63, 3.8) is 0 Å². The second kappa shape index (κ2) is 9.78. The lowest BCUT2D eigenvalue weighted by Gasteiger charge is -2.50. The molecule has 0 bridgehead atoms. The van der Waals surface area contributed by atoms with Gasteiger partial charge in [-0.15, -0.1) is 0 Å². The van der Waals surface area contributed by atoms with E-state index in [9.17, 15) is 18.3 Å². The van der Waals surface area contributed by atoms with Crippen LogP contribution in [-0.2, 0) is 30.8 Å². The van der Waals surface area contributed by atoms with Crippen molar-refractivity contribution in [3.05, 3.63) is 89.0 Å². The van der Waals surface area contributed by atoms with Crippen molar-refractivity contribution in [2.24, 2.45) is 0 Å². The number of aliphatic hydroxyl groups excluding tert-OH is 1. The summed E-state index contributed by atoms with van der Waals surface area (Å²) in [6.45, 7) is 5.28. The van der Waals surface area contributed by atoms with E-state index in [1.54, 1.807) is 50.2 Å². The van der Waals surface area contributed by atoms with E-state index in [0.29, 0.717) is 17.1 Å². The Morgan fingerprint density at radius 2 is 1.60 bits per heavy atom. The molecule has 11 heteroatoms. The van der Waals surface area contributed by atoms with E-state index in [1.807, 2.05) is 37.3 Å². The minimum Gasteiger partial charge on any atom is -0.456 e. The zero-order valence-corrected chi connectivity index (χ0v) is 24.1. The Hall–Kier alpha value is -3.48. The normalized spacial score (nSPS) is 29.0. The van der Waals surface area contributed by atoms with Crippen molar-refractivity contribution in [2.45, 2.75) is 74.4 Å². The van der Waals surface area contributed by atoms with Gasteiger partial charge in [0, 0.05) is 6.54 Å². The molecular formula is C31H31NO9S. The van der Waals surface area contributed by atoms with Gasteiger partial charge in [0.25, 0.3) is 0 Å². The van der Waals surface area contributed by atoms with Gasteiger partial charge in [-0.2, -0.15) is 4.31 Å². The molecule has 42 heavy (non-hydrogen) atoms. The molecule has 1 N–H and O–H groups in total. The molecule has 1 saturated heterocycles. The first-order chi connectivity index (χ1) is 20.0. The highest BCUT2D eigenvalue weighted by atomic mass is 32.2. The SMILES string of the molecule is Cc1ccc(S(=O)(=O)N(Cc2ccccc2)[C@H]2[C@@H]3OC(C)(C)O[C@@H]3[C@@H](O)[C@@H]3c4cc5c(cc4C(=O)O[C@@H]32)OCO5)cc1. The Morgan fingerprint density at radius 1 is 0.929 bits per heavy atom. The number of aliphatic hydroxyl groups is 1. The fourth-order valence-electron chi connectivity index (χ4n) is 6.53. The maximum absolute atomic E-state index is 14.5. The molecular weight excluding hydrogens is 562 g/mol. The van der Waals surface area contributed by atoms with Gasteiger partial charge in [-0.3, -0.25) is 0 Å². The molecule has 0 amide bonds. The number of fused-ring (bicyclic) bond motifs is 5. The molecule has 7 rings (SSSR count). The monoisotopic (exact) mass is 593 g/mol. The molecule has 2 fully saturated rings. The van der Waals surface area contributed by atoms with Gasteiger partial charge in [0.2, 0.25) is 16.8 Å². The summed E-state index contributed by atoms with van der Waals surface area (Å²) in [4.78, 5) is 13.6. The first-order valence-corrected chi connectivity index (χ1v) is 15.3. The number of ether oxygens (including phenoxy) is 5. The van der Waals surface area contributed by atoms with Gasteiger partial charge in [-0.1, -0.05) is 48.0 Å². The van der Waals surface area contributed by atoms with Crippen LogP contribution in [-0.4, -0.2) is 66.8 Å². The van der Waals surface area contributed by atoms with E-state index in [-0.39, 0.29) is 23.8 Å². The predicted molar refractivity (Wildman–Crippen MR) is 148 cm³/mol. The highest BCUT2D eigenvalue weighted by Gasteiger charge is 2.64. The lowest BCUT2D eigenvalue weighted by atomic mass is 9.71. The van der Waals surface area contributed by atoms with Crippen LogP contribution >= 0.6 is 0 Å². The van der Waals surface area contributed by atoms with Crippen molar-refractivity contribution < 1.29 is 42.0 Å². The summed E-state index contributed by atoms with van der Waals surface area (Å²) >= 11 is 0. The third-order valence-corrected chi connectivity index (χ3v) is 10.3. The van der Waals surface area contributed by atoms with Crippen LogP contribution in [0.2, 0.25) is 0 Å². The van der Waals surface area contributed by atoms with Crippen molar-refractivity contribution in [1.82, 2.24) is 4.31 Å². The number of carbonyl (C=O) groups excluding carboxylic acids is 1. The molecule has 220 valence electrons. The lowest BCUT2D eigenvalue weighted by molar-refractivity contribution is -0.155. The summed E-state index contributed by atoms with van der Waals surface area (Å²) in [6.07, 6.45) is -4.12. The van der Waals surface area contributed by atoms with Crippen LogP contribution in [0, 0.1) is 6.92 Å². The molecule has 1 aliphatic carbocycles. The van der Waals surface area contributed by atoms with E-state index in [1.165, 1.54) is 4.31 Å². The third-order valence-electron chi connectivity index (χ3n) is 8.40. The van der Waals surface area contributed by atoms with Crippen LogP contribution in [0.3, 0.4) is 0 Å². The lowest BCUT2D eigenvalue weighted by Crippen LogP contribution is -2.66. The maximum atomic E-state index is 14.5. The van der Waals surface area contributed by atoms with Crippen LogP contribution in [0.25, 0.3) is 0 Å². The molecule has 1 saturated carbocycles. The smallest absolute Gasteiger partial charge is 0.338 e. The Morgan fingerprint density at radius 3 is 2.31 bits per heavy atom. The average Bonchev–Trinajstić information content (AvgIpc) is 3.55. The van der Waals surface area contributed by atoms with Crippen LogP contribution in [0.1, 0.15) is 46.8 Å². The fraction of sp³-hybridized carbons (Fsp3) is 0.387. The topological polar surface area (TPSA) is 121 Å². The van der Waals surface area contributed by atoms with Crippen LogP contribution < -0.4 is 9.47 Å². The number of aryl methyl sites for hydroxylation is 1. The zero-order valence-electron chi connectivity index (χ0n) is 23.3. The minimum atomic E-state index is -4.18. The Bertz CT molecular complexity index is 1640. The Kier molecular flexibility index (Phi) is 6.37. The summed E-state index contributed by atoms with van der Waals surface area (Å²) in [5.74, 6) is -1.77. The van der Waals surface area contributed by atoms with Crippen LogP contribution in [0.15, 0.2) is 71.6 Å². The molecule has 3 aromatic carbocycles. The summed E-state index contributed by atoms with van der Waals surface area (Å²) in [7, 11) is -4.18. The van der Waals surface area contributed by atoms with Gasteiger partial charge >= 0.3 is 5.97 Å². The fourth-order valence-corrected chi connectivity index (χ4v) is 8.16. The van der Waals surface area contributed by atoms with Crippen molar-refractivity contribution in [2.75, 3.05) is 6.79 Å². The quantitative estimate of drug-likeness (QED) is 0.443. The molecule has 6 atom stereocenters. The van der Waals surface area contributed by atoms with Gasteiger partial charge in [0.05, 0.1) is 28.5 Å². The predicted octanol–water partition coefficient (Wildman–Crippen LogP) is 3.50. The zero-order chi connectivity index (χ0) is 29.4. The number of nitrogens with zero attached hydrogens (tertiary/aromatic N) is 1. The molecule has 0 aromatic heterocycles. The first-order valence-electron chi connectivity index (χ1n) is 13.8. The van der Waals surface area contributed by atoms with Gasteiger partial charge < -0.3 is 28.8 Å². The molecule has 3 aliphatic heterocycles. The molecule has 3 aromatic rings. The number of hydrogen-bond acceptors (Lipinski definition) is 9. The van der Waals surface area contributed by atoms with Gasteiger partial charge in [-0.05, 0) is 56.2 Å². The largest absolute Gasteiger partial charge is 0.456 e. The second-order valence-corrected chi connectivity index (χ2v) is 13.5. The molecule has 3 heterocycles. The summed E-state index contributed by atoms with van der Waals surface area (Å²) in [6, 6.07) is 18.0. The van der Waals surface area contributed by atoms with Gasteiger partial charge in [0.1, 0.15) is 18.3 Å². The second-order valence-electron chi connectivity index (χ2n) is 11.6. The van der Waals surface area contributed by atoms with Crippen molar-refractivity contribution in [3.8, 4) is 11.5 Å². The number of rotatable bonds is 5. The first kappa shape index (κ1) is 27.4. The number of benzene rings is 3. The summed E-state index contributed by atoms with van der Waals surface area (Å²) in [5.41, 5.74) is 2.36. The Labute approximate surface area is 243 Å². The number of esters is 1. The van der Waals surface area contributed by atoms with Crippen molar-refractivity contribution >= 4 is 16.0 Å². The van der Waals surface area contributed by atoms with E-state index < -0.39 is 58.2 Å². The molecule has 0 unspecified atom stereocenters. The van der Waals surface area contributed by atoms with Gasteiger partial charge in [-0.25, -0.2) is 13.2 Å². The van der Waals surface area contributed by atoms with Crippen molar-refractivity contribution in [1.29, 1.82) is 0 Å². The van der Waals surface area contributed by atoms with Gasteiger partial charge in [0.15, 0.2) is 17.3 Å². The molecule has 0 radical (unpaired) electrons. The van der Waals surface area contributed by atoms with E-state index in [2.05, 4.69) is 0 Å². The number of hydrogen-bond donors (Lipinski definition) is 1. The Balaban J connectivity index is 1.41.